The topological polar surface area (TPSA) is 184 Å². The van der Waals surface area contributed by atoms with Crippen molar-refractivity contribution < 1.29 is 34.7 Å². The molecule has 6 rings (SSSR count). The summed E-state index contributed by atoms with van der Waals surface area (Å²) in [5.74, 6) is 9.06. The standard InChI is InChI=1S/C38H42N4O7/c1-2-4-27(43)16-29(45)17-28(44)9-6-23-15-36-35(18-34(23)47)48-12-3-5-22-8-11-33(46)30-10-7-24(37(39)40)13-25(30)14-26-19-41-32-21-42(20-31(26)32)38(22)49-36/h7,10,13,15,18-19,21-22,27,29,33,37-38,43,45-47H,2,4-6,9,14,16-17,20,39-40H2,1H3. The fourth-order valence-electron chi connectivity index (χ4n) is 6.61. The Morgan fingerprint density at radius 1 is 1.14 bits per heavy atom. The first kappa shape index (κ1) is 34.3. The van der Waals surface area contributed by atoms with E-state index < -0.39 is 36.6 Å². The summed E-state index contributed by atoms with van der Waals surface area (Å²) in [4.78, 5) is 19.4. The van der Waals surface area contributed by atoms with E-state index in [4.69, 9.17) is 20.9 Å². The maximum absolute atomic E-state index is 12.7. The molecule has 4 heterocycles. The molecule has 4 aliphatic rings. The Morgan fingerprint density at radius 3 is 2.78 bits per heavy atom. The van der Waals surface area contributed by atoms with Crippen molar-refractivity contribution in [3.05, 3.63) is 75.6 Å². The van der Waals surface area contributed by atoms with Crippen molar-refractivity contribution in [1.29, 1.82) is 0 Å². The zero-order valence-corrected chi connectivity index (χ0v) is 27.4. The Hall–Kier alpha value is -4.62. The number of allylic oxidation sites excluding steroid dienone is 1. The van der Waals surface area contributed by atoms with Gasteiger partial charge in [-0.25, -0.2) is 0 Å². The number of nitrogens with two attached hydrogens (primary N) is 2. The minimum Gasteiger partial charge on any atom is -0.508 e. The molecular formula is C38H42N4O7. The molecule has 49 heavy (non-hydrogen) atoms. The molecule has 0 saturated heterocycles. The third-order valence-electron chi connectivity index (χ3n) is 9.24. The number of Topliss-reactive ketones (excluding diaryl/α,β-unsaturated/α-hetero) is 1. The Balaban J connectivity index is 1.29. The number of hydrogen-bond acceptors (Lipinski definition) is 11. The van der Waals surface area contributed by atoms with Crippen LogP contribution in [0.3, 0.4) is 0 Å². The van der Waals surface area contributed by atoms with Gasteiger partial charge >= 0.3 is 0 Å². The number of aliphatic hydroxyl groups is 3. The average molecular weight is 667 g/mol. The lowest BCUT2D eigenvalue weighted by Crippen LogP contribution is -2.41. The second-order valence-electron chi connectivity index (χ2n) is 13.0. The van der Waals surface area contributed by atoms with E-state index in [0.717, 1.165) is 34.4 Å². The minimum atomic E-state index is -1.10. The van der Waals surface area contributed by atoms with Crippen LogP contribution in [0, 0.1) is 29.8 Å². The number of phenols is 1. The molecule has 0 spiro atoms. The molecule has 5 unspecified atom stereocenters. The highest BCUT2D eigenvalue weighted by Crippen LogP contribution is 2.40. The normalized spacial score (nSPS) is 21.7. The first-order valence-electron chi connectivity index (χ1n) is 16.7. The monoisotopic (exact) mass is 666 g/mol. The molecule has 0 fully saturated rings. The predicted octanol–water partition coefficient (Wildman–Crippen LogP) is 3.01. The van der Waals surface area contributed by atoms with E-state index in [-0.39, 0.29) is 49.4 Å². The molecule has 256 valence electrons. The van der Waals surface area contributed by atoms with Crippen LogP contribution >= 0.6 is 0 Å². The van der Waals surface area contributed by atoms with Gasteiger partial charge in [0, 0.05) is 49.9 Å². The molecule has 2 aromatic rings. The molecule has 11 heteroatoms. The molecule has 5 atom stereocenters. The highest BCUT2D eigenvalue weighted by molar-refractivity contribution is 5.87. The molecule has 2 bridgehead atoms. The Kier molecular flexibility index (Phi) is 10.4. The van der Waals surface area contributed by atoms with Crippen LogP contribution < -0.4 is 20.9 Å². The number of hydrogen-bond donors (Lipinski definition) is 6. The molecule has 0 aromatic heterocycles. The van der Waals surface area contributed by atoms with Gasteiger partial charge < -0.3 is 46.3 Å². The highest BCUT2D eigenvalue weighted by Gasteiger charge is 2.36. The van der Waals surface area contributed by atoms with Crippen LogP contribution in [0.1, 0.15) is 80.0 Å². The van der Waals surface area contributed by atoms with Gasteiger partial charge in [-0.15, -0.1) is 0 Å². The maximum Gasteiger partial charge on any atom is 0.187 e. The smallest absolute Gasteiger partial charge is 0.187 e. The lowest BCUT2D eigenvalue weighted by atomic mass is 9.92. The van der Waals surface area contributed by atoms with Crippen LogP contribution in [-0.2, 0) is 17.6 Å². The van der Waals surface area contributed by atoms with Crippen molar-refractivity contribution >= 4 is 12.0 Å². The number of benzene rings is 2. The van der Waals surface area contributed by atoms with Gasteiger partial charge in [-0.05, 0) is 59.6 Å². The van der Waals surface area contributed by atoms with E-state index >= 15 is 0 Å². The molecule has 11 nitrogen and oxygen atoms in total. The quantitative estimate of drug-likeness (QED) is 0.163. The average Bonchev–Trinajstić information content (AvgIpc) is 3.66. The summed E-state index contributed by atoms with van der Waals surface area (Å²) in [5.41, 5.74) is 17.6. The van der Waals surface area contributed by atoms with Crippen LogP contribution in [0.2, 0.25) is 0 Å². The van der Waals surface area contributed by atoms with Crippen LogP contribution in [0.25, 0.3) is 0 Å². The fourth-order valence-corrected chi connectivity index (χ4v) is 6.61. The van der Waals surface area contributed by atoms with Gasteiger partial charge in [-0.1, -0.05) is 49.3 Å². The van der Waals surface area contributed by atoms with Gasteiger partial charge in [0.25, 0.3) is 0 Å². The number of aliphatic imine (C=N–C) groups is 1. The summed E-state index contributed by atoms with van der Waals surface area (Å²) in [6, 6.07) is 8.60. The van der Waals surface area contributed by atoms with Gasteiger partial charge in [0.15, 0.2) is 17.7 Å². The van der Waals surface area contributed by atoms with Gasteiger partial charge in [-0.2, -0.15) is 0 Å². The van der Waals surface area contributed by atoms with Crippen molar-refractivity contribution in [2.45, 2.75) is 89.0 Å². The second kappa shape index (κ2) is 14.9. The molecule has 8 N–H and O–H groups in total. The van der Waals surface area contributed by atoms with Crippen LogP contribution in [0.5, 0.6) is 17.2 Å². The first-order valence-corrected chi connectivity index (χ1v) is 16.7. The summed E-state index contributed by atoms with van der Waals surface area (Å²) >= 11 is 0. The third kappa shape index (κ3) is 7.83. The van der Waals surface area contributed by atoms with E-state index in [2.05, 4.69) is 28.9 Å². The number of ether oxygens (including phenoxy) is 2. The van der Waals surface area contributed by atoms with Crippen molar-refractivity contribution in [1.82, 2.24) is 4.90 Å². The lowest BCUT2D eigenvalue weighted by Gasteiger charge is -2.32. The van der Waals surface area contributed by atoms with E-state index in [1.165, 1.54) is 6.07 Å². The number of carbonyl (C=O) groups is 1. The van der Waals surface area contributed by atoms with Crippen LogP contribution in [0.15, 0.2) is 58.4 Å². The summed E-state index contributed by atoms with van der Waals surface area (Å²) in [7, 11) is 0. The number of aliphatic hydroxyl groups excluding tert-OH is 3. The van der Waals surface area contributed by atoms with Crippen molar-refractivity contribution in [3.8, 4) is 41.1 Å². The fraction of sp³-hybridized carbons (Fsp3) is 0.421. The lowest BCUT2D eigenvalue weighted by molar-refractivity contribution is -0.121. The van der Waals surface area contributed by atoms with Crippen molar-refractivity contribution in [2.24, 2.45) is 22.4 Å². The molecule has 0 radical (unpaired) electrons. The molecular weight excluding hydrogens is 624 g/mol. The Labute approximate surface area is 285 Å². The van der Waals surface area contributed by atoms with Gasteiger partial charge in [0.2, 0.25) is 0 Å². The number of phenolic OH excluding ortho intramolecular Hbond substituents is 1. The van der Waals surface area contributed by atoms with E-state index in [1.807, 2.05) is 36.4 Å². The summed E-state index contributed by atoms with van der Waals surface area (Å²) in [6.45, 7) is 2.45. The molecule has 2 aromatic carbocycles. The van der Waals surface area contributed by atoms with Crippen LogP contribution in [0.4, 0.5) is 0 Å². The van der Waals surface area contributed by atoms with Crippen molar-refractivity contribution in [3.63, 3.8) is 0 Å². The van der Waals surface area contributed by atoms with E-state index in [9.17, 15) is 25.2 Å². The minimum absolute atomic E-state index is 0.0763. The van der Waals surface area contributed by atoms with Gasteiger partial charge in [-0.3, -0.25) is 9.79 Å². The Bertz CT molecular complexity index is 1830. The zero-order valence-electron chi connectivity index (χ0n) is 27.4. The number of rotatable bonds is 10. The highest BCUT2D eigenvalue weighted by atomic mass is 16.5. The van der Waals surface area contributed by atoms with E-state index in [1.54, 1.807) is 12.1 Å². The molecule has 0 saturated carbocycles. The Morgan fingerprint density at radius 2 is 1.98 bits per heavy atom. The largest absolute Gasteiger partial charge is 0.508 e. The first-order chi connectivity index (χ1) is 23.6. The summed E-state index contributed by atoms with van der Waals surface area (Å²) in [5, 5.41) is 42.4. The zero-order chi connectivity index (χ0) is 34.7. The number of nitrogens with zero attached hydrogens (tertiary/aromatic N) is 2. The van der Waals surface area contributed by atoms with Gasteiger partial charge in [0.1, 0.15) is 23.7 Å². The number of ketones is 1. The van der Waals surface area contributed by atoms with E-state index in [0.29, 0.717) is 36.3 Å². The van der Waals surface area contributed by atoms with Crippen molar-refractivity contribution in [2.75, 3.05) is 6.54 Å². The number of carbonyl (C=O) groups excluding carboxylic acids is 1. The maximum atomic E-state index is 12.7. The molecule has 0 aliphatic carbocycles. The summed E-state index contributed by atoms with van der Waals surface area (Å²) in [6.07, 6.45) is 4.95. The van der Waals surface area contributed by atoms with Gasteiger partial charge in [0.05, 0.1) is 30.0 Å². The molecule has 4 aliphatic heterocycles. The van der Waals surface area contributed by atoms with Crippen LogP contribution in [-0.4, -0.2) is 62.3 Å². The second-order valence-corrected chi connectivity index (χ2v) is 13.0. The number of aryl methyl sites for hydroxylation is 1. The molecule has 0 amide bonds. The SMILES string of the molecule is CCCC(O)CC(O)CC(=O)CCc1cc2c(cc1O)OC#CCC1C#CC(O)c3ccc(C(N)N)cc3CC3=C4CN(C=C4N=C3)C1O2. The number of fused-ring (bicyclic) bond motifs is 5. The number of aromatic hydroxyl groups is 1. The summed E-state index contributed by atoms with van der Waals surface area (Å²) < 4.78 is 12.4. The predicted molar refractivity (Wildman–Crippen MR) is 183 cm³/mol. The third-order valence-corrected chi connectivity index (χ3v) is 9.24.